The summed E-state index contributed by atoms with van der Waals surface area (Å²) in [6.45, 7) is 6.42. The third-order valence-electron chi connectivity index (χ3n) is 3.09. The maximum atomic E-state index is 2.42. The summed E-state index contributed by atoms with van der Waals surface area (Å²) in [4.78, 5) is 0. The fourth-order valence-electron chi connectivity index (χ4n) is 2.56. The second-order valence-corrected chi connectivity index (χ2v) is 3.65. The second-order valence-electron chi connectivity index (χ2n) is 3.65. The maximum Gasteiger partial charge on any atom is -0.0386 e. The van der Waals surface area contributed by atoms with Crippen molar-refractivity contribution < 1.29 is 0 Å². The molecule has 3 atom stereocenters. The highest BCUT2D eigenvalue weighted by atomic mass is 14.4. The average Bonchev–Trinajstić information content (AvgIpc) is 2.52. The van der Waals surface area contributed by atoms with Crippen molar-refractivity contribution in [1.82, 2.24) is 0 Å². The van der Waals surface area contributed by atoms with Gasteiger partial charge < -0.3 is 0 Å². The predicted molar refractivity (Wildman–Crippen MR) is 46.0 cm³/mol. The van der Waals surface area contributed by atoms with Gasteiger partial charge in [0, 0.05) is 0 Å². The van der Waals surface area contributed by atoms with E-state index in [1.165, 1.54) is 0 Å². The monoisotopic (exact) mass is 140 g/mol. The van der Waals surface area contributed by atoms with Crippen molar-refractivity contribution in [2.75, 3.05) is 0 Å². The van der Waals surface area contributed by atoms with Crippen LogP contribution in [-0.4, -0.2) is 0 Å². The third-order valence-corrected chi connectivity index (χ3v) is 3.09. The molecule has 0 amide bonds. The molecule has 0 saturated heterocycles. The molecule has 60 valence electrons. The van der Waals surface area contributed by atoms with Gasteiger partial charge in [0.05, 0.1) is 0 Å². The molecule has 0 aromatic rings. The fraction of sp³-hybridized carbons (Fsp3) is 1.00. The highest BCUT2D eigenvalue weighted by Gasteiger charge is 2.36. The van der Waals surface area contributed by atoms with Gasteiger partial charge in [0.1, 0.15) is 0 Å². The number of fused-ring (bicyclic) bond motifs is 2. The van der Waals surface area contributed by atoms with Gasteiger partial charge in [0.25, 0.3) is 0 Å². The highest BCUT2D eigenvalue weighted by molar-refractivity contribution is 4.87. The molecule has 10 heavy (non-hydrogen) atoms. The molecule has 2 aliphatic rings. The summed E-state index contributed by atoms with van der Waals surface area (Å²) in [5, 5.41) is 0. The van der Waals surface area contributed by atoms with E-state index in [9.17, 15) is 0 Å². The Bertz CT molecular complexity index is 94.2. The minimum atomic E-state index is 1.08. The van der Waals surface area contributed by atoms with Gasteiger partial charge in [-0.25, -0.2) is 0 Å². The Balaban J connectivity index is 0.000000231. The Morgan fingerprint density at radius 3 is 1.90 bits per heavy atom. The lowest BCUT2D eigenvalue weighted by molar-refractivity contribution is 0.360. The second kappa shape index (κ2) is 3.41. The van der Waals surface area contributed by atoms with Crippen molar-refractivity contribution in [3.63, 3.8) is 0 Å². The van der Waals surface area contributed by atoms with E-state index in [0.29, 0.717) is 0 Å². The zero-order chi connectivity index (χ0) is 7.56. The Hall–Kier alpha value is 0. The topological polar surface area (TPSA) is 0 Å². The van der Waals surface area contributed by atoms with Crippen molar-refractivity contribution in [2.45, 2.75) is 46.5 Å². The van der Waals surface area contributed by atoms with Crippen LogP contribution in [0.15, 0.2) is 0 Å². The molecular weight excluding hydrogens is 120 g/mol. The van der Waals surface area contributed by atoms with Crippen LogP contribution >= 0.6 is 0 Å². The van der Waals surface area contributed by atoms with Crippen LogP contribution in [-0.2, 0) is 0 Å². The van der Waals surface area contributed by atoms with Crippen molar-refractivity contribution in [2.24, 2.45) is 17.8 Å². The Labute approximate surface area is 65.0 Å². The first-order chi connectivity index (χ1) is 4.86. The van der Waals surface area contributed by atoms with Crippen LogP contribution in [0.1, 0.15) is 46.5 Å². The van der Waals surface area contributed by atoms with Crippen LogP contribution in [0.3, 0.4) is 0 Å². The van der Waals surface area contributed by atoms with Crippen molar-refractivity contribution >= 4 is 0 Å². The lowest BCUT2D eigenvalue weighted by Crippen LogP contribution is -2.04. The normalized spacial score (nSPS) is 42.9. The molecule has 0 N–H and O–H groups in total. The molecule has 0 aromatic heterocycles. The first-order valence-corrected chi connectivity index (χ1v) is 4.86. The van der Waals surface area contributed by atoms with Gasteiger partial charge in [0.15, 0.2) is 0 Å². The first kappa shape index (κ1) is 8.10. The third kappa shape index (κ3) is 1.36. The Morgan fingerprint density at radius 2 is 1.70 bits per heavy atom. The minimum absolute atomic E-state index is 1.08. The highest BCUT2D eigenvalue weighted by Crippen LogP contribution is 2.47. The molecule has 2 rings (SSSR count). The summed E-state index contributed by atoms with van der Waals surface area (Å²) >= 11 is 0. The van der Waals surface area contributed by atoms with Crippen LogP contribution in [0.25, 0.3) is 0 Å². The number of hydrogen-bond acceptors (Lipinski definition) is 0. The van der Waals surface area contributed by atoms with E-state index < -0.39 is 0 Å². The summed E-state index contributed by atoms with van der Waals surface area (Å²) < 4.78 is 0. The molecule has 2 aliphatic carbocycles. The van der Waals surface area contributed by atoms with E-state index in [-0.39, 0.29) is 0 Å². The molecule has 2 saturated carbocycles. The molecule has 0 heteroatoms. The predicted octanol–water partition coefficient (Wildman–Crippen LogP) is 3.47. The van der Waals surface area contributed by atoms with Gasteiger partial charge >= 0.3 is 0 Å². The van der Waals surface area contributed by atoms with Gasteiger partial charge in [-0.15, -0.1) is 0 Å². The quantitative estimate of drug-likeness (QED) is 0.483. The molecule has 0 aliphatic heterocycles. The average molecular weight is 140 g/mol. The number of rotatable bonds is 0. The van der Waals surface area contributed by atoms with Gasteiger partial charge in [0.2, 0.25) is 0 Å². The molecule has 2 bridgehead atoms. The van der Waals surface area contributed by atoms with E-state index >= 15 is 0 Å². The molecular formula is C10H20. The Kier molecular flexibility index (Phi) is 2.76. The maximum absolute atomic E-state index is 2.42. The molecule has 0 spiro atoms. The summed E-state index contributed by atoms with van der Waals surface area (Å²) in [6, 6.07) is 0. The van der Waals surface area contributed by atoms with E-state index in [0.717, 1.165) is 17.8 Å². The van der Waals surface area contributed by atoms with Crippen LogP contribution in [0.2, 0.25) is 0 Å². The molecule has 2 fully saturated rings. The molecule has 0 aromatic carbocycles. The summed E-state index contributed by atoms with van der Waals surface area (Å²) in [5.41, 5.74) is 0. The van der Waals surface area contributed by atoms with Crippen LogP contribution in [0, 0.1) is 17.8 Å². The van der Waals surface area contributed by atoms with Crippen LogP contribution < -0.4 is 0 Å². The molecule has 1 unspecified atom stereocenters. The zero-order valence-electron chi connectivity index (χ0n) is 7.56. The van der Waals surface area contributed by atoms with E-state index in [1.807, 2.05) is 13.8 Å². The minimum Gasteiger partial charge on any atom is -0.0683 e. The van der Waals surface area contributed by atoms with E-state index in [1.54, 1.807) is 25.7 Å². The zero-order valence-corrected chi connectivity index (χ0v) is 7.56. The lowest BCUT2D eigenvalue weighted by Gasteiger charge is -2.15. The molecule has 0 nitrogen and oxygen atoms in total. The van der Waals surface area contributed by atoms with Crippen molar-refractivity contribution in [1.29, 1.82) is 0 Å². The van der Waals surface area contributed by atoms with E-state index in [4.69, 9.17) is 0 Å². The summed E-state index contributed by atoms with van der Waals surface area (Å²) in [7, 11) is 0. The van der Waals surface area contributed by atoms with Crippen molar-refractivity contribution in [3.05, 3.63) is 0 Å². The van der Waals surface area contributed by atoms with Gasteiger partial charge in [-0.05, 0) is 37.0 Å². The van der Waals surface area contributed by atoms with Crippen LogP contribution in [0.4, 0.5) is 0 Å². The Morgan fingerprint density at radius 1 is 1.00 bits per heavy atom. The SMILES string of the molecule is CC.CC1C[C@@H]2CC[C@@H]1C2. The first-order valence-electron chi connectivity index (χ1n) is 4.86. The van der Waals surface area contributed by atoms with Gasteiger partial charge in [-0.2, -0.15) is 0 Å². The fourth-order valence-corrected chi connectivity index (χ4v) is 2.56. The summed E-state index contributed by atoms with van der Waals surface area (Å²) in [6.07, 6.45) is 6.21. The molecule has 0 heterocycles. The van der Waals surface area contributed by atoms with E-state index in [2.05, 4.69) is 6.92 Å². The van der Waals surface area contributed by atoms with Crippen LogP contribution in [0.5, 0.6) is 0 Å². The lowest BCUT2D eigenvalue weighted by atomic mass is 9.91. The molecule has 0 radical (unpaired) electrons. The van der Waals surface area contributed by atoms with Gasteiger partial charge in [-0.3, -0.25) is 0 Å². The van der Waals surface area contributed by atoms with Gasteiger partial charge in [-0.1, -0.05) is 27.2 Å². The number of hydrogen-bond donors (Lipinski definition) is 0. The van der Waals surface area contributed by atoms with Crippen molar-refractivity contribution in [3.8, 4) is 0 Å². The summed E-state index contributed by atoms with van der Waals surface area (Å²) in [5.74, 6) is 3.36. The largest absolute Gasteiger partial charge is 0.0683 e. The standard InChI is InChI=1S/C8H14.C2H6/c1-6-4-7-2-3-8(6)5-7;1-2/h6-8H,2-5H2,1H3;1-2H3/t6?,7-,8+;/m0./s1. The smallest absolute Gasteiger partial charge is 0.0386 e.